The molecule has 0 bridgehead atoms. The summed E-state index contributed by atoms with van der Waals surface area (Å²) in [5.74, 6) is 0. The highest BCUT2D eigenvalue weighted by Crippen LogP contribution is 2.05. The third-order valence-corrected chi connectivity index (χ3v) is 3.40. The van der Waals surface area contributed by atoms with Crippen LogP contribution in [0.5, 0.6) is 0 Å². The van der Waals surface area contributed by atoms with E-state index >= 15 is 0 Å². The van der Waals surface area contributed by atoms with Crippen molar-refractivity contribution in [2.45, 2.75) is 17.8 Å². The summed E-state index contributed by atoms with van der Waals surface area (Å²) in [7, 11) is 0. The van der Waals surface area contributed by atoms with Crippen LogP contribution >= 0.6 is 15.9 Å². The molecule has 1 heterocycles. The first-order valence-corrected chi connectivity index (χ1v) is 5.78. The van der Waals surface area contributed by atoms with Crippen LogP contribution in [0.3, 0.4) is 0 Å². The number of nitrogens with one attached hydrogen (secondary N) is 1. The summed E-state index contributed by atoms with van der Waals surface area (Å²) >= 11 is 3.67. The number of hydrogen-bond acceptors (Lipinski definition) is 0. The van der Waals surface area contributed by atoms with Crippen LogP contribution in [0.1, 0.15) is 12.0 Å². The van der Waals surface area contributed by atoms with Crippen LogP contribution < -0.4 is 4.90 Å². The molecule has 1 N–H and O–H groups in total. The third-order valence-electron chi connectivity index (χ3n) is 2.62. The molecule has 1 saturated heterocycles. The SMILES string of the molecule is Br[C@H]1CC[NH+](Cc2ccccc2)C1. The molecule has 1 aliphatic rings. The number of halogens is 1. The smallest absolute Gasteiger partial charge is 0.103 e. The van der Waals surface area contributed by atoms with E-state index in [0.717, 1.165) is 4.83 Å². The molecule has 1 fully saturated rings. The molecule has 1 aromatic carbocycles. The Hall–Kier alpha value is -0.340. The zero-order chi connectivity index (χ0) is 9.10. The van der Waals surface area contributed by atoms with Gasteiger partial charge in [-0.1, -0.05) is 46.3 Å². The van der Waals surface area contributed by atoms with Crippen LogP contribution in [0.4, 0.5) is 0 Å². The van der Waals surface area contributed by atoms with E-state index < -0.39 is 0 Å². The molecule has 0 amide bonds. The van der Waals surface area contributed by atoms with Gasteiger partial charge in [-0.05, 0) is 0 Å². The first-order valence-electron chi connectivity index (χ1n) is 4.86. The Kier molecular flexibility index (Phi) is 3.01. The summed E-state index contributed by atoms with van der Waals surface area (Å²) in [6.07, 6.45) is 1.32. The van der Waals surface area contributed by atoms with Gasteiger partial charge in [-0.25, -0.2) is 0 Å². The minimum Gasteiger partial charge on any atom is -0.330 e. The molecule has 0 spiro atoms. The quantitative estimate of drug-likeness (QED) is 0.743. The maximum atomic E-state index is 3.67. The molecule has 0 aliphatic carbocycles. The molecular formula is C11H15BrN+. The van der Waals surface area contributed by atoms with Crippen molar-refractivity contribution in [1.29, 1.82) is 0 Å². The van der Waals surface area contributed by atoms with Crippen molar-refractivity contribution in [1.82, 2.24) is 0 Å². The van der Waals surface area contributed by atoms with Gasteiger partial charge in [0.15, 0.2) is 0 Å². The topological polar surface area (TPSA) is 4.44 Å². The van der Waals surface area contributed by atoms with Gasteiger partial charge < -0.3 is 4.90 Å². The first-order chi connectivity index (χ1) is 6.34. The van der Waals surface area contributed by atoms with E-state index in [1.807, 2.05) is 0 Å². The Morgan fingerprint density at radius 1 is 1.31 bits per heavy atom. The van der Waals surface area contributed by atoms with Gasteiger partial charge in [0, 0.05) is 12.0 Å². The van der Waals surface area contributed by atoms with Crippen molar-refractivity contribution in [2.75, 3.05) is 13.1 Å². The summed E-state index contributed by atoms with van der Waals surface area (Å²) in [5.41, 5.74) is 1.46. The second-order valence-corrected chi connectivity index (χ2v) is 5.05. The van der Waals surface area contributed by atoms with Crippen molar-refractivity contribution in [3.63, 3.8) is 0 Å². The van der Waals surface area contributed by atoms with E-state index in [4.69, 9.17) is 0 Å². The molecule has 2 rings (SSSR count). The monoisotopic (exact) mass is 240 g/mol. The Morgan fingerprint density at radius 3 is 2.69 bits per heavy atom. The minimum atomic E-state index is 0.742. The predicted molar refractivity (Wildman–Crippen MR) is 58.2 cm³/mol. The highest BCUT2D eigenvalue weighted by molar-refractivity contribution is 9.09. The Morgan fingerprint density at radius 2 is 2.08 bits per heavy atom. The summed E-state index contributed by atoms with van der Waals surface area (Å²) in [5, 5.41) is 0. The van der Waals surface area contributed by atoms with Gasteiger partial charge in [-0.2, -0.15) is 0 Å². The van der Waals surface area contributed by atoms with E-state index in [0.29, 0.717) is 0 Å². The number of hydrogen-bond donors (Lipinski definition) is 1. The lowest BCUT2D eigenvalue weighted by molar-refractivity contribution is -0.901. The number of rotatable bonds is 2. The number of likely N-dealkylation sites (tertiary alicyclic amines) is 1. The fourth-order valence-corrected chi connectivity index (χ4v) is 2.61. The molecule has 0 saturated carbocycles. The van der Waals surface area contributed by atoms with Crippen LogP contribution in [0.15, 0.2) is 30.3 Å². The van der Waals surface area contributed by atoms with E-state index in [2.05, 4.69) is 46.3 Å². The van der Waals surface area contributed by atoms with Crippen molar-refractivity contribution in [2.24, 2.45) is 0 Å². The lowest BCUT2D eigenvalue weighted by Crippen LogP contribution is -3.09. The largest absolute Gasteiger partial charge is 0.330 e. The average molecular weight is 241 g/mol. The number of quaternary nitrogens is 1. The molecule has 1 unspecified atom stereocenters. The third kappa shape index (κ3) is 2.55. The standard InChI is InChI=1S/C11H14BrN/c12-11-6-7-13(9-11)8-10-4-2-1-3-5-10/h1-5,11H,6-9H2/p+1/t11-/m0/s1. The van der Waals surface area contributed by atoms with E-state index in [-0.39, 0.29) is 0 Å². The van der Waals surface area contributed by atoms with Crippen LogP contribution in [-0.2, 0) is 6.54 Å². The fraction of sp³-hybridized carbons (Fsp3) is 0.455. The summed E-state index contributed by atoms with van der Waals surface area (Å²) in [4.78, 5) is 2.44. The fourth-order valence-electron chi connectivity index (χ4n) is 1.92. The Bertz CT molecular complexity index is 260. The van der Waals surface area contributed by atoms with Crippen molar-refractivity contribution in [3.05, 3.63) is 35.9 Å². The predicted octanol–water partition coefficient (Wildman–Crippen LogP) is 1.24. The Balaban J connectivity index is 1.92. The second-order valence-electron chi connectivity index (χ2n) is 3.75. The summed E-state index contributed by atoms with van der Waals surface area (Å²) < 4.78 is 0. The van der Waals surface area contributed by atoms with Crippen LogP contribution in [0, 0.1) is 0 Å². The number of benzene rings is 1. The molecule has 2 heteroatoms. The normalized spacial score (nSPS) is 27.8. The highest BCUT2D eigenvalue weighted by Gasteiger charge is 2.23. The van der Waals surface area contributed by atoms with Gasteiger partial charge >= 0.3 is 0 Å². The second kappa shape index (κ2) is 4.25. The highest BCUT2D eigenvalue weighted by atomic mass is 79.9. The number of alkyl halides is 1. The average Bonchev–Trinajstić information content (AvgIpc) is 2.53. The molecule has 0 radical (unpaired) electrons. The van der Waals surface area contributed by atoms with E-state index in [9.17, 15) is 0 Å². The van der Waals surface area contributed by atoms with Crippen molar-refractivity contribution >= 4 is 15.9 Å². The molecular weight excluding hydrogens is 226 g/mol. The molecule has 2 atom stereocenters. The van der Waals surface area contributed by atoms with Crippen molar-refractivity contribution in [3.8, 4) is 0 Å². The van der Waals surface area contributed by atoms with Gasteiger partial charge in [0.2, 0.25) is 0 Å². The maximum Gasteiger partial charge on any atom is 0.103 e. The van der Waals surface area contributed by atoms with E-state index in [1.165, 1.54) is 31.6 Å². The molecule has 70 valence electrons. The molecule has 1 aliphatic heterocycles. The maximum absolute atomic E-state index is 3.67. The first kappa shape index (κ1) is 9.22. The van der Waals surface area contributed by atoms with Crippen LogP contribution in [0.25, 0.3) is 0 Å². The molecule has 1 nitrogen and oxygen atoms in total. The molecule has 1 aromatic rings. The van der Waals surface area contributed by atoms with Gasteiger partial charge in [0.1, 0.15) is 6.54 Å². The zero-order valence-corrected chi connectivity index (χ0v) is 9.26. The van der Waals surface area contributed by atoms with Gasteiger partial charge in [0.05, 0.1) is 17.9 Å². The Labute approximate surface area is 87.9 Å². The lowest BCUT2D eigenvalue weighted by Gasteiger charge is -2.11. The van der Waals surface area contributed by atoms with Crippen molar-refractivity contribution < 1.29 is 4.90 Å². The summed E-state index contributed by atoms with van der Waals surface area (Å²) in [6, 6.07) is 10.8. The zero-order valence-electron chi connectivity index (χ0n) is 7.67. The molecule has 13 heavy (non-hydrogen) atoms. The minimum absolute atomic E-state index is 0.742. The van der Waals surface area contributed by atoms with Crippen LogP contribution in [0.2, 0.25) is 0 Å². The van der Waals surface area contributed by atoms with Crippen LogP contribution in [-0.4, -0.2) is 17.9 Å². The van der Waals surface area contributed by atoms with Gasteiger partial charge in [0.25, 0.3) is 0 Å². The van der Waals surface area contributed by atoms with E-state index in [1.54, 1.807) is 4.90 Å². The van der Waals surface area contributed by atoms with Gasteiger partial charge in [-0.15, -0.1) is 0 Å². The molecule has 0 aromatic heterocycles. The lowest BCUT2D eigenvalue weighted by atomic mass is 10.2. The van der Waals surface area contributed by atoms with Gasteiger partial charge in [-0.3, -0.25) is 0 Å². The summed E-state index contributed by atoms with van der Waals surface area (Å²) in [6.45, 7) is 3.77.